The Morgan fingerprint density at radius 1 is 1.36 bits per heavy atom. The van der Waals surface area contributed by atoms with Crippen LogP contribution in [0.4, 0.5) is 5.69 Å². The number of nitrogens with zero attached hydrogens (tertiary/aromatic N) is 1. The molecule has 1 aromatic heterocycles. The van der Waals surface area contributed by atoms with Crippen LogP contribution in [0.3, 0.4) is 0 Å². The van der Waals surface area contributed by atoms with Gasteiger partial charge in [0.05, 0.1) is 12.6 Å². The van der Waals surface area contributed by atoms with Gasteiger partial charge in [-0.1, -0.05) is 6.07 Å². The topological polar surface area (TPSA) is 74.9 Å². The zero-order valence-electron chi connectivity index (χ0n) is 14.4. The molecule has 1 aliphatic rings. The van der Waals surface area contributed by atoms with E-state index in [1.165, 1.54) is 0 Å². The van der Waals surface area contributed by atoms with E-state index in [1.807, 2.05) is 30.3 Å². The third-order valence-electron chi connectivity index (χ3n) is 4.26. The summed E-state index contributed by atoms with van der Waals surface area (Å²) in [6.45, 7) is 2.09. The van der Waals surface area contributed by atoms with Crippen LogP contribution >= 0.6 is 0 Å². The number of ether oxygens (including phenoxy) is 1. The first-order valence-electron chi connectivity index (χ1n) is 8.53. The van der Waals surface area contributed by atoms with E-state index in [-0.39, 0.29) is 5.91 Å². The molecule has 3 rings (SSSR count). The number of nitrogens with one attached hydrogen (secondary N) is 1. The average molecular weight is 344 g/mol. The van der Waals surface area contributed by atoms with E-state index < -0.39 is 6.10 Å². The number of aliphatic hydroxyl groups is 1. The number of hydrogen-bond acceptors (Lipinski definition) is 5. The molecular formula is C19H24N2O4. The number of methoxy groups -OCH3 is 1. The first-order valence-corrected chi connectivity index (χ1v) is 8.53. The summed E-state index contributed by atoms with van der Waals surface area (Å²) in [6, 6.07) is 11.2. The van der Waals surface area contributed by atoms with Crippen LogP contribution in [0.5, 0.6) is 0 Å². The van der Waals surface area contributed by atoms with E-state index >= 15 is 0 Å². The molecule has 2 aromatic rings. The number of benzene rings is 1. The zero-order chi connectivity index (χ0) is 17.6. The number of rotatable bonds is 6. The van der Waals surface area contributed by atoms with Gasteiger partial charge in [-0.2, -0.15) is 0 Å². The largest absolute Gasteiger partial charge is 0.462 e. The lowest BCUT2D eigenvalue weighted by molar-refractivity contribution is 0.0474. The molecule has 1 unspecified atom stereocenters. The van der Waals surface area contributed by atoms with Gasteiger partial charge in [0.15, 0.2) is 0 Å². The van der Waals surface area contributed by atoms with Crippen molar-refractivity contribution < 1.29 is 19.1 Å². The number of carbonyl (C=O) groups excluding carboxylic acids is 1. The van der Waals surface area contributed by atoms with Crippen LogP contribution in [-0.4, -0.2) is 42.2 Å². The highest BCUT2D eigenvalue weighted by Gasteiger charge is 2.23. The number of anilines is 1. The van der Waals surface area contributed by atoms with Gasteiger partial charge in [0.2, 0.25) is 0 Å². The first-order chi connectivity index (χ1) is 12.2. The molecule has 1 aromatic carbocycles. The van der Waals surface area contributed by atoms with Gasteiger partial charge >= 0.3 is 0 Å². The number of amides is 1. The Kier molecular flexibility index (Phi) is 5.73. The van der Waals surface area contributed by atoms with Crippen LogP contribution < -0.4 is 5.32 Å². The van der Waals surface area contributed by atoms with Crippen molar-refractivity contribution in [3.8, 4) is 0 Å². The highest BCUT2D eigenvalue weighted by molar-refractivity contribution is 5.95. The van der Waals surface area contributed by atoms with Gasteiger partial charge in [-0.15, -0.1) is 0 Å². The minimum Gasteiger partial charge on any atom is -0.462 e. The molecule has 6 heteroatoms. The van der Waals surface area contributed by atoms with Gasteiger partial charge in [-0.05, 0) is 43.2 Å². The molecular weight excluding hydrogens is 320 g/mol. The van der Waals surface area contributed by atoms with Crippen LogP contribution in [0, 0.1) is 0 Å². The van der Waals surface area contributed by atoms with Crippen molar-refractivity contribution in [2.24, 2.45) is 0 Å². The quantitative estimate of drug-likeness (QED) is 0.843. The summed E-state index contributed by atoms with van der Waals surface area (Å²) in [6.07, 6.45) is 1.19. The fraction of sp³-hybridized carbons (Fsp3) is 0.421. The maximum Gasteiger partial charge on any atom is 0.254 e. The smallest absolute Gasteiger partial charge is 0.254 e. The Hall–Kier alpha value is -2.31. The third kappa shape index (κ3) is 4.61. The standard InChI is InChI=1S/C19H24N2O4/c1-24-13-18-8-7-17(25-18)11-20-15-5-2-4-14(10-15)19(23)21-9-3-6-16(22)12-21/h2,4-5,7-8,10,16,20,22H,3,6,9,11-13H2,1H3. The molecule has 2 heterocycles. The lowest BCUT2D eigenvalue weighted by Gasteiger charge is -2.30. The highest BCUT2D eigenvalue weighted by Crippen LogP contribution is 2.18. The summed E-state index contributed by atoms with van der Waals surface area (Å²) in [5.41, 5.74) is 1.48. The number of furan rings is 1. The van der Waals surface area contributed by atoms with Gasteiger partial charge in [0, 0.05) is 31.5 Å². The molecule has 6 nitrogen and oxygen atoms in total. The van der Waals surface area contributed by atoms with E-state index in [1.54, 1.807) is 18.1 Å². The van der Waals surface area contributed by atoms with Crippen molar-refractivity contribution in [3.05, 3.63) is 53.5 Å². The van der Waals surface area contributed by atoms with E-state index in [0.717, 1.165) is 30.0 Å². The predicted octanol–water partition coefficient (Wildman–Crippen LogP) is 2.64. The predicted molar refractivity (Wildman–Crippen MR) is 94.3 cm³/mol. The van der Waals surface area contributed by atoms with Crippen molar-refractivity contribution >= 4 is 11.6 Å². The first kappa shape index (κ1) is 17.5. The van der Waals surface area contributed by atoms with Crippen molar-refractivity contribution in [2.75, 3.05) is 25.5 Å². The molecule has 1 saturated heterocycles. The molecule has 25 heavy (non-hydrogen) atoms. The molecule has 0 radical (unpaired) electrons. The fourth-order valence-corrected chi connectivity index (χ4v) is 3.01. The summed E-state index contributed by atoms with van der Waals surface area (Å²) >= 11 is 0. The number of carbonyl (C=O) groups is 1. The highest BCUT2D eigenvalue weighted by atomic mass is 16.5. The summed E-state index contributed by atoms with van der Waals surface area (Å²) in [7, 11) is 1.63. The number of likely N-dealkylation sites (tertiary alicyclic amines) is 1. The van der Waals surface area contributed by atoms with E-state index in [4.69, 9.17) is 9.15 Å². The van der Waals surface area contributed by atoms with Gasteiger partial charge in [-0.25, -0.2) is 0 Å². The average Bonchev–Trinajstić information content (AvgIpc) is 3.07. The number of piperidine rings is 1. The Labute approximate surface area is 147 Å². The minimum atomic E-state index is -0.417. The summed E-state index contributed by atoms with van der Waals surface area (Å²) in [5.74, 6) is 1.55. The van der Waals surface area contributed by atoms with E-state index in [2.05, 4.69) is 5.32 Å². The van der Waals surface area contributed by atoms with E-state index in [0.29, 0.717) is 31.8 Å². The van der Waals surface area contributed by atoms with Crippen LogP contribution in [0.25, 0.3) is 0 Å². The fourth-order valence-electron chi connectivity index (χ4n) is 3.01. The normalized spacial score (nSPS) is 17.5. The minimum absolute atomic E-state index is 0.0391. The van der Waals surface area contributed by atoms with Gasteiger partial charge in [0.1, 0.15) is 18.1 Å². The molecule has 1 fully saturated rings. The van der Waals surface area contributed by atoms with Crippen LogP contribution in [0.1, 0.15) is 34.7 Å². The van der Waals surface area contributed by atoms with Crippen molar-refractivity contribution in [1.82, 2.24) is 4.90 Å². The zero-order valence-corrected chi connectivity index (χ0v) is 14.4. The molecule has 0 saturated carbocycles. The molecule has 0 aliphatic carbocycles. The second kappa shape index (κ2) is 8.18. The molecule has 1 amide bonds. The molecule has 0 spiro atoms. The molecule has 1 atom stereocenters. The summed E-state index contributed by atoms with van der Waals surface area (Å²) < 4.78 is 10.7. The van der Waals surface area contributed by atoms with E-state index in [9.17, 15) is 9.90 Å². The van der Waals surface area contributed by atoms with Crippen molar-refractivity contribution in [3.63, 3.8) is 0 Å². The molecule has 1 aliphatic heterocycles. The maximum atomic E-state index is 12.6. The van der Waals surface area contributed by atoms with Gasteiger partial charge < -0.3 is 24.5 Å². The van der Waals surface area contributed by atoms with Crippen LogP contribution in [-0.2, 0) is 17.9 Å². The van der Waals surface area contributed by atoms with Gasteiger partial charge in [-0.3, -0.25) is 4.79 Å². The lowest BCUT2D eigenvalue weighted by Crippen LogP contribution is -2.42. The monoisotopic (exact) mass is 344 g/mol. The summed E-state index contributed by atoms with van der Waals surface area (Å²) in [4.78, 5) is 14.3. The lowest BCUT2D eigenvalue weighted by atomic mass is 10.1. The second-order valence-electron chi connectivity index (χ2n) is 6.28. The number of aliphatic hydroxyl groups excluding tert-OH is 1. The Morgan fingerprint density at radius 3 is 3.00 bits per heavy atom. The maximum absolute atomic E-state index is 12.6. The van der Waals surface area contributed by atoms with Gasteiger partial charge in [0.25, 0.3) is 5.91 Å². The molecule has 0 bridgehead atoms. The number of hydrogen-bond donors (Lipinski definition) is 2. The van der Waals surface area contributed by atoms with Crippen molar-refractivity contribution in [1.29, 1.82) is 0 Å². The Balaban J connectivity index is 1.61. The molecule has 2 N–H and O–H groups in total. The number of β-amino-alcohol motifs (C(OH)–C–C–N with tert-alkyl or cyclic N) is 1. The summed E-state index contributed by atoms with van der Waals surface area (Å²) in [5, 5.41) is 13.0. The Morgan fingerprint density at radius 2 is 2.20 bits per heavy atom. The second-order valence-corrected chi connectivity index (χ2v) is 6.28. The van der Waals surface area contributed by atoms with Crippen molar-refractivity contribution in [2.45, 2.75) is 32.1 Å². The van der Waals surface area contributed by atoms with Crippen LogP contribution in [0.2, 0.25) is 0 Å². The molecule has 134 valence electrons. The Bertz CT molecular complexity index is 713. The van der Waals surface area contributed by atoms with Crippen LogP contribution in [0.15, 0.2) is 40.8 Å². The SMILES string of the molecule is COCc1ccc(CNc2cccc(C(=O)N3CCCC(O)C3)c2)o1. The third-order valence-corrected chi connectivity index (χ3v) is 4.26.